The predicted molar refractivity (Wildman–Crippen MR) is 62.2 cm³/mol. The first-order chi connectivity index (χ1) is 7.17. The van der Waals surface area contributed by atoms with Gasteiger partial charge >= 0.3 is 0 Å². The van der Waals surface area contributed by atoms with Gasteiger partial charge in [0.05, 0.1) is 6.07 Å². The Balaban J connectivity index is 2.72. The number of nitrogens with zero attached hydrogens (tertiary/aromatic N) is 1. The minimum Gasteiger partial charge on any atom is -0.298 e. The van der Waals surface area contributed by atoms with Crippen molar-refractivity contribution in [2.75, 3.05) is 0 Å². The third-order valence-corrected chi connectivity index (χ3v) is 2.77. The van der Waals surface area contributed by atoms with Crippen LogP contribution in [-0.4, -0.2) is 5.78 Å². The number of halogens is 1. The minimum absolute atomic E-state index is 0.0143. The molecule has 15 heavy (non-hydrogen) atoms. The fourth-order valence-electron chi connectivity index (χ4n) is 1.33. The summed E-state index contributed by atoms with van der Waals surface area (Å²) in [6.45, 7) is 1.79. The third-order valence-electron chi connectivity index (χ3n) is 2.25. The first kappa shape index (κ1) is 11.9. The van der Waals surface area contributed by atoms with Gasteiger partial charge < -0.3 is 0 Å². The maximum absolute atomic E-state index is 11.4. The van der Waals surface area contributed by atoms with Crippen LogP contribution in [0.3, 0.4) is 0 Å². The van der Waals surface area contributed by atoms with Crippen molar-refractivity contribution < 1.29 is 4.79 Å². The quantitative estimate of drug-likeness (QED) is 0.840. The van der Waals surface area contributed by atoms with E-state index >= 15 is 0 Å². The lowest BCUT2D eigenvalue weighted by atomic mass is 9.95. The lowest BCUT2D eigenvalue weighted by Gasteiger charge is -2.06. The zero-order valence-corrected chi connectivity index (χ0v) is 10.1. The van der Waals surface area contributed by atoms with E-state index in [4.69, 9.17) is 5.26 Å². The molecule has 1 unspecified atom stereocenters. The van der Waals surface area contributed by atoms with Crippen LogP contribution in [0, 0.1) is 17.2 Å². The van der Waals surface area contributed by atoms with E-state index in [2.05, 4.69) is 22.0 Å². The molecular weight excluding hydrogens is 254 g/mol. The highest BCUT2D eigenvalue weighted by Gasteiger charge is 2.15. The molecule has 0 aliphatic rings. The molecule has 3 heteroatoms. The van der Waals surface area contributed by atoms with Crippen LogP contribution < -0.4 is 0 Å². The summed E-state index contributed by atoms with van der Waals surface area (Å²) in [5.41, 5.74) is 1.02. The Morgan fingerprint density at radius 3 is 2.53 bits per heavy atom. The van der Waals surface area contributed by atoms with Crippen molar-refractivity contribution in [3.63, 3.8) is 0 Å². The van der Waals surface area contributed by atoms with Crippen LogP contribution >= 0.6 is 15.9 Å². The summed E-state index contributed by atoms with van der Waals surface area (Å²) < 4.78 is 1.00. The predicted octanol–water partition coefficient (Wildman–Crippen LogP) is 3.11. The van der Waals surface area contributed by atoms with Crippen LogP contribution in [0.15, 0.2) is 28.7 Å². The largest absolute Gasteiger partial charge is 0.298 e. The molecule has 0 N–H and O–H groups in total. The molecule has 0 aliphatic carbocycles. The number of ketones is 1. The van der Waals surface area contributed by atoms with E-state index in [-0.39, 0.29) is 5.78 Å². The summed E-state index contributed by atoms with van der Waals surface area (Å²) in [5, 5.41) is 8.86. The Bertz CT molecular complexity index is 378. The Hall–Kier alpha value is -1.14. The highest BCUT2D eigenvalue weighted by atomic mass is 79.9. The van der Waals surface area contributed by atoms with Gasteiger partial charge in [-0.2, -0.15) is 5.26 Å². The molecule has 0 amide bonds. The lowest BCUT2D eigenvalue weighted by molar-refractivity contribution is -0.120. The molecule has 0 bridgehead atoms. The second-order valence-electron chi connectivity index (χ2n) is 3.33. The first-order valence-corrected chi connectivity index (χ1v) is 5.63. The molecule has 0 saturated heterocycles. The van der Waals surface area contributed by atoms with E-state index in [1.165, 1.54) is 0 Å². The van der Waals surface area contributed by atoms with Gasteiger partial charge in [-0.15, -0.1) is 0 Å². The van der Waals surface area contributed by atoms with Crippen molar-refractivity contribution >= 4 is 21.7 Å². The van der Waals surface area contributed by atoms with Crippen molar-refractivity contribution in [3.8, 4) is 6.07 Å². The van der Waals surface area contributed by atoms with Gasteiger partial charge in [0.1, 0.15) is 11.7 Å². The molecule has 1 rings (SSSR count). The summed E-state index contributed by atoms with van der Waals surface area (Å²) in [6.07, 6.45) is 0.936. The topological polar surface area (TPSA) is 40.9 Å². The summed E-state index contributed by atoms with van der Waals surface area (Å²) in [4.78, 5) is 11.4. The van der Waals surface area contributed by atoms with E-state index in [1.54, 1.807) is 6.92 Å². The second-order valence-corrected chi connectivity index (χ2v) is 4.25. The van der Waals surface area contributed by atoms with Gasteiger partial charge in [0.2, 0.25) is 0 Å². The lowest BCUT2D eigenvalue weighted by Crippen LogP contribution is -2.14. The molecule has 1 aromatic carbocycles. The highest BCUT2D eigenvalue weighted by Crippen LogP contribution is 2.14. The van der Waals surface area contributed by atoms with Gasteiger partial charge in [-0.1, -0.05) is 35.0 Å². The van der Waals surface area contributed by atoms with Gasteiger partial charge in [-0.25, -0.2) is 0 Å². The second kappa shape index (κ2) is 5.67. The smallest absolute Gasteiger partial charge is 0.150 e. The molecule has 0 aliphatic heterocycles. The van der Waals surface area contributed by atoms with E-state index in [9.17, 15) is 4.79 Å². The summed E-state index contributed by atoms with van der Waals surface area (Å²) >= 11 is 3.34. The number of Topliss-reactive ketones (excluding diaryl/α,β-unsaturated/α-hetero) is 1. The molecular formula is C12H12BrNO. The molecule has 78 valence electrons. The number of hydrogen-bond acceptors (Lipinski definition) is 2. The van der Waals surface area contributed by atoms with Gasteiger partial charge in [0, 0.05) is 10.9 Å². The first-order valence-electron chi connectivity index (χ1n) is 4.84. The van der Waals surface area contributed by atoms with Crippen molar-refractivity contribution in [1.29, 1.82) is 5.26 Å². The number of rotatable bonds is 4. The molecule has 0 aromatic heterocycles. The molecule has 1 aromatic rings. The van der Waals surface area contributed by atoms with Crippen LogP contribution in [0.25, 0.3) is 0 Å². The van der Waals surface area contributed by atoms with Gasteiger partial charge in [-0.3, -0.25) is 4.79 Å². The van der Waals surface area contributed by atoms with E-state index < -0.39 is 5.92 Å². The summed E-state index contributed by atoms with van der Waals surface area (Å²) in [6, 6.07) is 9.74. The standard InChI is InChI=1S/C12H12BrNO/c1-2-12(15)10(8-14)7-9-3-5-11(13)6-4-9/h3-6,10H,2,7H2,1H3. The normalized spacial score (nSPS) is 11.8. The van der Waals surface area contributed by atoms with Gasteiger partial charge in [-0.05, 0) is 24.1 Å². The molecule has 0 fully saturated rings. The Labute approximate surface area is 98.0 Å². The fraction of sp³-hybridized carbons (Fsp3) is 0.333. The van der Waals surface area contributed by atoms with Crippen LogP contribution in [0.5, 0.6) is 0 Å². The van der Waals surface area contributed by atoms with Crippen LogP contribution in [0.1, 0.15) is 18.9 Å². The van der Waals surface area contributed by atoms with Crippen LogP contribution in [-0.2, 0) is 11.2 Å². The molecule has 0 spiro atoms. The van der Waals surface area contributed by atoms with Gasteiger partial charge in [0.25, 0.3) is 0 Å². The number of carbonyl (C=O) groups excluding carboxylic acids is 1. The monoisotopic (exact) mass is 265 g/mol. The fourth-order valence-corrected chi connectivity index (χ4v) is 1.60. The van der Waals surface area contributed by atoms with Crippen LogP contribution in [0.4, 0.5) is 0 Å². The van der Waals surface area contributed by atoms with E-state index in [1.807, 2.05) is 24.3 Å². The molecule has 2 nitrogen and oxygen atoms in total. The Morgan fingerprint density at radius 2 is 2.07 bits per heavy atom. The SMILES string of the molecule is CCC(=O)C(C#N)Cc1ccc(Br)cc1. The Morgan fingerprint density at radius 1 is 1.47 bits per heavy atom. The van der Waals surface area contributed by atoms with E-state index in [0.29, 0.717) is 12.8 Å². The number of hydrogen-bond donors (Lipinski definition) is 0. The van der Waals surface area contributed by atoms with Gasteiger partial charge in [0.15, 0.2) is 0 Å². The molecule has 0 saturated carbocycles. The van der Waals surface area contributed by atoms with Crippen LogP contribution in [0.2, 0.25) is 0 Å². The number of benzene rings is 1. The third kappa shape index (κ3) is 3.49. The molecule has 1 atom stereocenters. The molecule has 0 radical (unpaired) electrons. The number of carbonyl (C=O) groups is 1. The average Bonchev–Trinajstić information content (AvgIpc) is 2.27. The summed E-state index contributed by atoms with van der Waals surface area (Å²) in [7, 11) is 0. The van der Waals surface area contributed by atoms with Crippen molar-refractivity contribution in [2.24, 2.45) is 5.92 Å². The van der Waals surface area contributed by atoms with Crippen molar-refractivity contribution in [3.05, 3.63) is 34.3 Å². The highest BCUT2D eigenvalue weighted by molar-refractivity contribution is 9.10. The van der Waals surface area contributed by atoms with Crippen molar-refractivity contribution in [2.45, 2.75) is 19.8 Å². The molecule has 0 heterocycles. The summed E-state index contributed by atoms with van der Waals surface area (Å²) in [5.74, 6) is -0.489. The minimum atomic E-state index is -0.504. The maximum atomic E-state index is 11.4. The Kier molecular flexibility index (Phi) is 4.51. The average molecular weight is 266 g/mol. The maximum Gasteiger partial charge on any atom is 0.150 e. The van der Waals surface area contributed by atoms with Crippen molar-refractivity contribution in [1.82, 2.24) is 0 Å². The van der Waals surface area contributed by atoms with E-state index in [0.717, 1.165) is 10.0 Å². The zero-order chi connectivity index (χ0) is 11.3. The number of nitriles is 1. The zero-order valence-electron chi connectivity index (χ0n) is 8.53.